The first kappa shape index (κ1) is 34.5. The number of benzene rings is 1. The minimum atomic E-state index is -1.57. The number of piperazine rings is 1. The lowest BCUT2D eigenvalue weighted by Crippen LogP contribution is -2.56. The fourth-order valence-corrected chi connectivity index (χ4v) is 7.98. The summed E-state index contributed by atoms with van der Waals surface area (Å²) in [7, 11) is 4.02. The predicted molar refractivity (Wildman–Crippen MR) is 168 cm³/mol. The molecule has 1 aliphatic carbocycles. The molecular weight excluding hydrogens is 676 g/mol. The SMILES string of the molecule is CO[C@@]12[C@H](COC(N)=O)C3=C(C(=O)C(C)=C(N)C3=O)N1CC1(C=N)[C@@H]2N1C(=O)OCCSSCCOC(=O)Oc1ccc([N+](=O)[O-])cc1. The minimum Gasteiger partial charge on any atom is -0.449 e. The van der Waals surface area contributed by atoms with Gasteiger partial charge in [0.15, 0.2) is 5.72 Å². The molecule has 2 fully saturated rings. The van der Waals surface area contributed by atoms with Gasteiger partial charge in [-0.05, 0) is 19.1 Å². The average Bonchev–Trinajstić information content (AvgIpc) is 3.51. The van der Waals surface area contributed by atoms with E-state index < -0.39 is 64.7 Å². The number of amides is 2. The number of methoxy groups -OCH3 is 1. The summed E-state index contributed by atoms with van der Waals surface area (Å²) in [6.07, 6.45) is -1.78. The van der Waals surface area contributed by atoms with Crippen molar-refractivity contribution in [1.29, 1.82) is 5.41 Å². The molecular formula is C28H30N6O12S2. The van der Waals surface area contributed by atoms with Crippen molar-refractivity contribution in [1.82, 2.24) is 9.80 Å². The Kier molecular flexibility index (Phi) is 9.60. The Morgan fingerprint density at radius 2 is 1.75 bits per heavy atom. The van der Waals surface area contributed by atoms with Crippen LogP contribution in [0.1, 0.15) is 6.92 Å². The summed E-state index contributed by atoms with van der Waals surface area (Å²) in [6, 6.07) is 4.05. The van der Waals surface area contributed by atoms with E-state index in [2.05, 4.69) is 0 Å². The predicted octanol–water partition coefficient (Wildman–Crippen LogP) is 1.72. The lowest BCUT2D eigenvalue weighted by Gasteiger charge is -2.40. The quantitative estimate of drug-likeness (QED) is 0.0252. The Hall–Kier alpha value is -4.82. The first-order chi connectivity index (χ1) is 22.8. The molecule has 4 aliphatic rings. The van der Waals surface area contributed by atoms with Gasteiger partial charge in [0.25, 0.3) is 5.69 Å². The summed E-state index contributed by atoms with van der Waals surface area (Å²) in [4.78, 5) is 76.4. The smallest absolute Gasteiger partial charge is 0.449 e. The molecule has 1 aromatic rings. The van der Waals surface area contributed by atoms with Crippen LogP contribution in [0.4, 0.5) is 20.1 Å². The molecule has 2 saturated heterocycles. The molecule has 0 spiro atoms. The number of fused-ring (bicyclic) bond motifs is 4. The number of nitrogens with zero attached hydrogens (tertiary/aromatic N) is 3. The largest absolute Gasteiger partial charge is 0.513 e. The van der Waals surface area contributed by atoms with Gasteiger partial charge in [-0.3, -0.25) is 24.6 Å². The van der Waals surface area contributed by atoms with E-state index in [-0.39, 0.29) is 53.7 Å². The van der Waals surface area contributed by atoms with Gasteiger partial charge in [-0.25, -0.2) is 14.4 Å². The summed E-state index contributed by atoms with van der Waals surface area (Å²) in [5.41, 5.74) is 8.04. The highest BCUT2D eigenvalue weighted by atomic mass is 33.1. The molecule has 2 amide bonds. The molecule has 5 N–H and O–H groups in total. The Morgan fingerprint density at radius 1 is 1.10 bits per heavy atom. The van der Waals surface area contributed by atoms with Crippen LogP contribution in [0, 0.1) is 21.4 Å². The third kappa shape index (κ3) is 5.68. The molecule has 48 heavy (non-hydrogen) atoms. The highest BCUT2D eigenvalue weighted by molar-refractivity contribution is 8.76. The number of nitro groups is 1. The van der Waals surface area contributed by atoms with E-state index in [9.17, 15) is 34.1 Å². The number of nitro benzene ring substituents is 1. The van der Waals surface area contributed by atoms with Crippen LogP contribution in [0.15, 0.2) is 46.8 Å². The number of carbonyl (C=O) groups is 5. The van der Waals surface area contributed by atoms with E-state index in [1.165, 1.54) is 64.8 Å². The van der Waals surface area contributed by atoms with Gasteiger partial charge >= 0.3 is 18.3 Å². The van der Waals surface area contributed by atoms with Gasteiger partial charge in [0.2, 0.25) is 11.6 Å². The number of hydrogen-bond donors (Lipinski definition) is 3. The van der Waals surface area contributed by atoms with Crippen LogP contribution in [0.2, 0.25) is 0 Å². The van der Waals surface area contributed by atoms with Gasteiger partial charge in [0.1, 0.15) is 37.2 Å². The molecule has 256 valence electrons. The molecule has 3 heterocycles. The maximum atomic E-state index is 13.4. The molecule has 0 aromatic heterocycles. The summed E-state index contributed by atoms with van der Waals surface area (Å²) in [5, 5.41) is 18.9. The number of primary amides is 1. The van der Waals surface area contributed by atoms with Gasteiger partial charge in [0.05, 0.1) is 28.8 Å². The molecule has 1 unspecified atom stereocenters. The van der Waals surface area contributed by atoms with E-state index in [4.69, 9.17) is 40.6 Å². The molecule has 20 heteroatoms. The van der Waals surface area contributed by atoms with Crippen molar-refractivity contribution >= 4 is 63.4 Å². The third-order valence-corrected chi connectivity index (χ3v) is 10.8. The lowest BCUT2D eigenvalue weighted by molar-refractivity contribution is -0.384. The number of nitrogens with two attached hydrogens (primary N) is 2. The van der Waals surface area contributed by atoms with Crippen molar-refractivity contribution in [2.45, 2.75) is 24.2 Å². The molecule has 18 nitrogen and oxygen atoms in total. The fraction of sp³-hybridized carbons (Fsp3) is 0.429. The summed E-state index contributed by atoms with van der Waals surface area (Å²) in [6.45, 7) is 0.902. The lowest BCUT2D eigenvalue weighted by atomic mass is 9.81. The topological polar surface area (TPSA) is 257 Å². The van der Waals surface area contributed by atoms with Crippen LogP contribution in [0.3, 0.4) is 0 Å². The van der Waals surface area contributed by atoms with E-state index in [0.29, 0.717) is 11.5 Å². The van der Waals surface area contributed by atoms with Crippen molar-refractivity contribution in [3.8, 4) is 5.75 Å². The van der Waals surface area contributed by atoms with Crippen LogP contribution in [-0.4, -0.2) is 113 Å². The second-order valence-electron chi connectivity index (χ2n) is 10.8. The van der Waals surface area contributed by atoms with E-state index in [0.717, 1.165) is 6.21 Å². The van der Waals surface area contributed by atoms with Crippen molar-refractivity contribution < 1.29 is 52.6 Å². The maximum Gasteiger partial charge on any atom is 0.513 e. The molecule has 0 bridgehead atoms. The van der Waals surface area contributed by atoms with Crippen LogP contribution in [0.25, 0.3) is 0 Å². The Balaban J connectivity index is 1.13. The molecule has 3 aliphatic heterocycles. The minimum absolute atomic E-state index is 0.0120. The normalized spacial score (nSPS) is 25.3. The molecule has 4 atom stereocenters. The summed E-state index contributed by atoms with van der Waals surface area (Å²) < 4.78 is 26.5. The Labute approximate surface area is 280 Å². The highest BCUT2D eigenvalue weighted by Crippen LogP contribution is 2.64. The molecule has 0 saturated carbocycles. The number of ether oxygens (including phenoxy) is 5. The second-order valence-corrected chi connectivity index (χ2v) is 13.5. The van der Waals surface area contributed by atoms with Gasteiger partial charge in [-0.2, -0.15) is 0 Å². The van der Waals surface area contributed by atoms with E-state index >= 15 is 0 Å². The summed E-state index contributed by atoms with van der Waals surface area (Å²) in [5.74, 6) is -1.37. The van der Waals surface area contributed by atoms with E-state index in [1.54, 1.807) is 4.90 Å². The summed E-state index contributed by atoms with van der Waals surface area (Å²) >= 11 is 0. The van der Waals surface area contributed by atoms with Crippen LogP contribution in [-0.2, 0) is 28.5 Å². The van der Waals surface area contributed by atoms with Crippen LogP contribution < -0.4 is 16.2 Å². The van der Waals surface area contributed by atoms with Crippen molar-refractivity contribution in [2.75, 3.05) is 45.0 Å². The van der Waals surface area contributed by atoms with Crippen LogP contribution >= 0.6 is 21.6 Å². The standard InChI is InChI=1S/C28H30N6O12S2/c1-14-19(30)22(36)18-17(11-45-24(31)37)28(42-2)23-27(12-29,13-32(28)20(18)21(14)35)33(23)25(38)43-7-9-47-48-10-8-44-26(39)46-16-5-3-15(4-6-16)34(40)41/h3-6,12,17,23,29H,7-11,13,30H2,1-2H3,(H2,31,37)/t17-,23+,27?,28-,33?/m1/s1. The molecule has 1 aromatic carbocycles. The van der Waals surface area contributed by atoms with Crippen LogP contribution in [0.5, 0.6) is 5.75 Å². The average molecular weight is 707 g/mol. The van der Waals surface area contributed by atoms with E-state index in [1.807, 2.05) is 0 Å². The molecule has 0 radical (unpaired) electrons. The number of ketones is 2. The van der Waals surface area contributed by atoms with Crippen molar-refractivity contribution in [2.24, 2.45) is 17.4 Å². The first-order valence-electron chi connectivity index (χ1n) is 14.2. The first-order valence-corrected chi connectivity index (χ1v) is 16.7. The Morgan fingerprint density at radius 3 is 2.33 bits per heavy atom. The number of hydrogen-bond acceptors (Lipinski definition) is 17. The molecule has 5 rings (SSSR count). The number of nitrogens with one attached hydrogen (secondary N) is 1. The number of allylic oxidation sites excluding steroid dienone is 2. The number of rotatable bonds is 13. The zero-order valence-corrected chi connectivity index (χ0v) is 27.1. The third-order valence-electron chi connectivity index (χ3n) is 8.44. The zero-order valence-electron chi connectivity index (χ0n) is 25.5. The second kappa shape index (κ2) is 13.4. The monoisotopic (exact) mass is 706 g/mol. The fourth-order valence-electron chi connectivity index (χ4n) is 6.33. The highest BCUT2D eigenvalue weighted by Gasteiger charge is 2.85. The van der Waals surface area contributed by atoms with Gasteiger partial charge in [-0.15, -0.1) is 0 Å². The zero-order chi connectivity index (χ0) is 35.0. The van der Waals surface area contributed by atoms with Gasteiger partial charge in [0, 0.05) is 48.1 Å². The number of Topliss-reactive ketones (excluding diaryl/α,β-unsaturated/α-hetero) is 2. The number of non-ortho nitro benzene ring substituents is 1. The Bertz CT molecular complexity index is 1650. The van der Waals surface area contributed by atoms with Gasteiger partial charge < -0.3 is 45.5 Å². The van der Waals surface area contributed by atoms with Gasteiger partial charge in [-0.1, -0.05) is 21.6 Å². The van der Waals surface area contributed by atoms with Crippen molar-refractivity contribution in [3.63, 3.8) is 0 Å². The van der Waals surface area contributed by atoms with Crippen molar-refractivity contribution in [3.05, 3.63) is 56.9 Å². The number of carbonyl (C=O) groups excluding carboxylic acids is 5. The maximum absolute atomic E-state index is 13.4.